The number of nitrogens with one attached hydrogen (secondary N) is 1. The second-order valence-corrected chi connectivity index (χ2v) is 17.7. The van der Waals surface area contributed by atoms with E-state index < -0.39 is 113 Å². The highest BCUT2D eigenvalue weighted by atomic mass is 16.6. The van der Waals surface area contributed by atoms with E-state index in [2.05, 4.69) is 15.3 Å². The maximum atomic E-state index is 14.9. The van der Waals surface area contributed by atoms with E-state index in [1.165, 1.54) is 12.6 Å². The number of aliphatic imine (C=N–C) groups is 2. The summed E-state index contributed by atoms with van der Waals surface area (Å²) in [7, 11) is 1.08. The van der Waals surface area contributed by atoms with Crippen LogP contribution in [0.1, 0.15) is 106 Å². The Kier molecular flexibility index (Phi) is 20.1. The SMILES string of the molecule is CC[C@H](C)[C@H](N)C(=O)[N+](N)(C(=O)C[C@H](O)[C@H](CC(C)C)N(C(=O)OC(C)(C)C)C(=O)[C@H](CC1C=NC=N1)NC(=O)[C@@H](N)Cc1ccccc1)[C@@H](CC(C)C)C(=O)CC(=O)OC. The molecule has 0 radical (unpaired) electrons. The summed E-state index contributed by atoms with van der Waals surface area (Å²) in [5.41, 5.74) is 12.3. The quantitative estimate of drug-likeness (QED) is 0.0280. The number of ether oxygens (including phenoxy) is 2. The molecule has 5 amide bonds. The van der Waals surface area contributed by atoms with Gasteiger partial charge in [0.1, 0.15) is 30.4 Å². The smallest absolute Gasteiger partial charge is 0.417 e. The molecule has 2 unspecified atom stereocenters. The lowest BCUT2D eigenvalue weighted by molar-refractivity contribution is -0.810. The van der Waals surface area contributed by atoms with Gasteiger partial charge < -0.3 is 31.4 Å². The van der Waals surface area contributed by atoms with Crippen LogP contribution in [0.3, 0.4) is 0 Å². The fourth-order valence-corrected chi connectivity index (χ4v) is 6.87. The number of aliphatic hydroxyl groups is 1. The monoisotopic (exact) mass is 858 g/mol. The van der Waals surface area contributed by atoms with E-state index in [9.17, 15) is 38.7 Å². The molecule has 0 spiro atoms. The van der Waals surface area contributed by atoms with Gasteiger partial charge in [-0.2, -0.15) is 5.84 Å². The zero-order chi connectivity index (χ0) is 46.4. The van der Waals surface area contributed by atoms with E-state index in [4.69, 9.17) is 26.8 Å². The fourth-order valence-electron chi connectivity index (χ4n) is 6.87. The number of amides is 5. The molecule has 1 aliphatic heterocycles. The molecule has 18 nitrogen and oxygen atoms in total. The summed E-state index contributed by atoms with van der Waals surface area (Å²) < 4.78 is 8.73. The molecule has 340 valence electrons. The lowest BCUT2D eigenvalue weighted by atomic mass is 9.90. The number of esters is 1. The molecule has 0 aliphatic carbocycles. The second-order valence-electron chi connectivity index (χ2n) is 17.7. The Morgan fingerprint density at radius 3 is 2.08 bits per heavy atom. The van der Waals surface area contributed by atoms with Gasteiger partial charge in [0.15, 0.2) is 6.04 Å². The first-order chi connectivity index (χ1) is 28.4. The molecule has 8 N–H and O–H groups in total. The Morgan fingerprint density at radius 1 is 0.967 bits per heavy atom. The van der Waals surface area contributed by atoms with Crippen LogP contribution in [0.5, 0.6) is 0 Å². The Morgan fingerprint density at radius 2 is 1.57 bits per heavy atom. The van der Waals surface area contributed by atoms with Crippen molar-refractivity contribution in [3.8, 4) is 0 Å². The van der Waals surface area contributed by atoms with Gasteiger partial charge in [0, 0.05) is 19.1 Å². The van der Waals surface area contributed by atoms with Gasteiger partial charge >= 0.3 is 23.9 Å². The number of carbonyl (C=O) groups is 7. The molecule has 0 bridgehead atoms. The van der Waals surface area contributed by atoms with Crippen molar-refractivity contribution in [1.82, 2.24) is 10.2 Å². The molecule has 0 saturated heterocycles. The van der Waals surface area contributed by atoms with Gasteiger partial charge in [-0.05, 0) is 56.9 Å². The van der Waals surface area contributed by atoms with Crippen LogP contribution in [0.15, 0.2) is 40.3 Å². The molecule has 1 aromatic carbocycles. The molecule has 2 rings (SSSR count). The molecule has 61 heavy (non-hydrogen) atoms. The summed E-state index contributed by atoms with van der Waals surface area (Å²) in [5, 5.41) is 14.9. The number of aliphatic hydroxyl groups excluding tert-OH is 1. The van der Waals surface area contributed by atoms with Gasteiger partial charge in [-0.15, -0.1) is 4.59 Å². The third-order valence-corrected chi connectivity index (χ3v) is 10.4. The van der Waals surface area contributed by atoms with Crippen LogP contribution in [0.2, 0.25) is 0 Å². The average molecular weight is 858 g/mol. The number of methoxy groups -OCH3 is 1. The van der Waals surface area contributed by atoms with Crippen molar-refractivity contribution < 1.29 is 52.7 Å². The lowest BCUT2D eigenvalue weighted by Gasteiger charge is -2.40. The molecule has 0 fully saturated rings. The molecule has 1 heterocycles. The summed E-state index contributed by atoms with van der Waals surface area (Å²) in [4.78, 5) is 107. The summed E-state index contributed by atoms with van der Waals surface area (Å²) in [5.74, 6) is -0.0199. The normalized spacial score (nSPS) is 18.3. The predicted molar refractivity (Wildman–Crippen MR) is 229 cm³/mol. The van der Waals surface area contributed by atoms with Crippen molar-refractivity contribution in [2.45, 2.75) is 155 Å². The van der Waals surface area contributed by atoms with Crippen LogP contribution in [-0.2, 0) is 44.7 Å². The van der Waals surface area contributed by atoms with Gasteiger partial charge in [-0.1, -0.05) is 78.3 Å². The van der Waals surface area contributed by atoms with Crippen LogP contribution in [0.4, 0.5) is 4.79 Å². The first-order valence-electron chi connectivity index (χ1n) is 20.9. The number of hydrogen-bond acceptors (Lipinski definition) is 15. The Bertz CT molecular complexity index is 1740. The fraction of sp³-hybridized carbons (Fsp3) is 0.651. The minimum absolute atomic E-state index is 0.0990. The highest BCUT2D eigenvalue weighted by Gasteiger charge is 2.56. The number of rotatable bonds is 22. The summed E-state index contributed by atoms with van der Waals surface area (Å²) in [6.45, 7) is 15.2. The molecular weight excluding hydrogens is 789 g/mol. The van der Waals surface area contributed by atoms with Crippen LogP contribution >= 0.6 is 0 Å². The van der Waals surface area contributed by atoms with Gasteiger partial charge in [-0.3, -0.25) is 24.2 Å². The summed E-state index contributed by atoms with van der Waals surface area (Å²) >= 11 is 0. The average Bonchev–Trinajstić information content (AvgIpc) is 3.70. The summed E-state index contributed by atoms with van der Waals surface area (Å²) in [6, 6.07) is 1.22. The number of imide groups is 2. The van der Waals surface area contributed by atoms with Crippen molar-refractivity contribution in [2.24, 2.45) is 45.0 Å². The van der Waals surface area contributed by atoms with E-state index in [0.29, 0.717) is 11.3 Å². The largest absolute Gasteiger partial charge is 0.469 e. The highest BCUT2D eigenvalue weighted by molar-refractivity contribution is 6.01. The van der Waals surface area contributed by atoms with E-state index in [0.717, 1.165) is 12.7 Å². The van der Waals surface area contributed by atoms with Crippen molar-refractivity contribution in [3.05, 3.63) is 35.9 Å². The van der Waals surface area contributed by atoms with Crippen LogP contribution in [0.25, 0.3) is 0 Å². The first kappa shape index (κ1) is 52.4. The molecule has 0 saturated carbocycles. The van der Waals surface area contributed by atoms with Gasteiger partial charge in [0.25, 0.3) is 5.91 Å². The van der Waals surface area contributed by atoms with Crippen LogP contribution < -0.4 is 22.6 Å². The van der Waals surface area contributed by atoms with E-state index >= 15 is 0 Å². The maximum Gasteiger partial charge on any atom is 0.417 e. The van der Waals surface area contributed by atoms with Crippen molar-refractivity contribution in [1.29, 1.82) is 0 Å². The number of quaternary nitrogens is 1. The predicted octanol–water partition coefficient (Wildman–Crippen LogP) is 2.51. The zero-order valence-electron chi connectivity index (χ0n) is 37.4. The Labute approximate surface area is 359 Å². The zero-order valence-corrected chi connectivity index (χ0v) is 37.4. The van der Waals surface area contributed by atoms with E-state index in [1.807, 2.05) is 6.07 Å². The number of nitrogens with two attached hydrogens (primary N) is 3. The standard InChI is InChI=1S/C43H68N8O10/c1-11-27(6)38(45)41(58)51(46,33(18-26(4)5)35(53)22-37(55)60-10)36(54)21-34(52)32(17-25(2)3)50(42(59)61-43(7,8)9)40(57)31(20-29-23-47-24-48-29)49-39(56)30(44)19-28-15-13-12-14-16-28/h12-16,23-27,29-34,38,52H,11,17-22,44-46H2,1-10H3/p+1/t27-,29?,30-,31-,32-,33-,34-,38-,51?/m0/s1. The highest BCUT2D eigenvalue weighted by Crippen LogP contribution is 2.28. The molecule has 1 aliphatic rings. The summed E-state index contributed by atoms with van der Waals surface area (Å²) in [6.07, 6.45) is -2.00. The number of nitrogens with zero attached hydrogens (tertiary/aromatic N) is 4. The molecule has 9 atom stereocenters. The van der Waals surface area contributed by atoms with Crippen molar-refractivity contribution >= 4 is 54.0 Å². The number of hydrogen-bond donors (Lipinski definition) is 5. The van der Waals surface area contributed by atoms with E-state index in [-0.39, 0.29) is 37.5 Å². The number of ketones is 1. The van der Waals surface area contributed by atoms with Crippen LogP contribution in [0, 0.1) is 17.8 Å². The topological polar surface area (TPSA) is 276 Å². The lowest BCUT2D eigenvalue weighted by Crippen LogP contribution is -2.74. The van der Waals surface area contributed by atoms with Gasteiger partial charge in [0.2, 0.25) is 11.7 Å². The van der Waals surface area contributed by atoms with Crippen molar-refractivity contribution in [3.63, 3.8) is 0 Å². The molecule has 18 heteroatoms. The third kappa shape index (κ3) is 15.3. The molecule has 0 aromatic heterocycles. The number of benzene rings is 1. The number of Topliss-reactive ketones (excluding diaryl/α,β-unsaturated/α-hetero) is 1. The minimum Gasteiger partial charge on any atom is -0.469 e. The van der Waals surface area contributed by atoms with Crippen molar-refractivity contribution in [2.75, 3.05) is 7.11 Å². The molecule has 1 aromatic rings. The third-order valence-electron chi connectivity index (χ3n) is 10.4. The van der Waals surface area contributed by atoms with Gasteiger partial charge in [0.05, 0.1) is 37.8 Å². The second kappa shape index (κ2) is 23.5. The Hall–Kier alpha value is -4.75. The Balaban J connectivity index is 2.77. The minimum atomic E-state index is -1.92. The first-order valence-corrected chi connectivity index (χ1v) is 20.9. The molecular formula is C43H69N8O10+. The maximum absolute atomic E-state index is 14.9. The van der Waals surface area contributed by atoms with E-state index in [1.54, 1.807) is 86.6 Å². The van der Waals surface area contributed by atoms with Gasteiger partial charge in [-0.25, -0.2) is 24.3 Å². The number of carbonyl (C=O) groups excluding carboxylic acids is 7. The van der Waals surface area contributed by atoms with Crippen LogP contribution in [-0.4, -0.2) is 124 Å².